The summed E-state index contributed by atoms with van der Waals surface area (Å²) in [5.41, 5.74) is 7.17. The molecule has 0 aromatic heterocycles. The number of hydrogen-bond donors (Lipinski definition) is 3. The minimum Gasteiger partial charge on any atom is -0.385 e. The van der Waals surface area contributed by atoms with E-state index in [1.165, 1.54) is 0 Å². The molecule has 0 aliphatic carbocycles. The largest absolute Gasteiger partial charge is 0.385 e. The zero-order chi connectivity index (χ0) is 9.68. The molecule has 1 rings (SSSR count). The van der Waals surface area contributed by atoms with Gasteiger partial charge in [-0.1, -0.05) is 6.92 Å². The van der Waals surface area contributed by atoms with Crippen LogP contribution in [-0.2, 0) is 0 Å². The molecule has 13 heavy (non-hydrogen) atoms. The zero-order valence-electron chi connectivity index (χ0n) is 7.80. The van der Waals surface area contributed by atoms with E-state index in [-0.39, 0.29) is 5.84 Å². The van der Waals surface area contributed by atoms with Crippen molar-refractivity contribution in [2.24, 2.45) is 5.73 Å². The van der Waals surface area contributed by atoms with Crippen LogP contribution in [0.15, 0.2) is 24.3 Å². The van der Waals surface area contributed by atoms with Crippen molar-refractivity contribution >= 4 is 11.5 Å². The minimum absolute atomic E-state index is 0.113. The van der Waals surface area contributed by atoms with E-state index in [0.717, 1.165) is 24.2 Å². The number of benzene rings is 1. The number of rotatable bonds is 4. The molecule has 0 radical (unpaired) electrons. The van der Waals surface area contributed by atoms with Gasteiger partial charge < -0.3 is 11.1 Å². The van der Waals surface area contributed by atoms with E-state index in [9.17, 15) is 0 Å². The first-order chi connectivity index (χ1) is 6.24. The molecule has 1 aromatic carbocycles. The maximum atomic E-state index is 7.20. The molecule has 0 unspecified atom stereocenters. The van der Waals surface area contributed by atoms with Crippen molar-refractivity contribution in [1.29, 1.82) is 5.41 Å². The van der Waals surface area contributed by atoms with Crippen LogP contribution in [0.3, 0.4) is 0 Å². The summed E-state index contributed by atoms with van der Waals surface area (Å²) in [5.74, 6) is 0.113. The summed E-state index contributed by atoms with van der Waals surface area (Å²) >= 11 is 0. The summed E-state index contributed by atoms with van der Waals surface area (Å²) < 4.78 is 0. The third kappa shape index (κ3) is 2.78. The van der Waals surface area contributed by atoms with Crippen LogP contribution in [0.4, 0.5) is 5.69 Å². The SMILES string of the molecule is CCCNc1ccc(C(=N)N)cc1. The van der Waals surface area contributed by atoms with E-state index < -0.39 is 0 Å². The molecule has 3 heteroatoms. The predicted molar refractivity (Wildman–Crippen MR) is 56.2 cm³/mol. The molecule has 1 aromatic rings. The molecule has 0 saturated carbocycles. The Morgan fingerprint density at radius 3 is 2.46 bits per heavy atom. The summed E-state index contributed by atoms with van der Waals surface area (Å²) in [7, 11) is 0. The molecule has 0 bridgehead atoms. The molecule has 0 aliphatic rings. The second-order valence-electron chi connectivity index (χ2n) is 2.92. The summed E-state index contributed by atoms with van der Waals surface area (Å²) in [6.45, 7) is 3.09. The highest BCUT2D eigenvalue weighted by Gasteiger charge is 1.95. The Morgan fingerprint density at radius 2 is 2.00 bits per heavy atom. The second-order valence-corrected chi connectivity index (χ2v) is 2.92. The van der Waals surface area contributed by atoms with Gasteiger partial charge in [-0.25, -0.2) is 0 Å². The Hall–Kier alpha value is -1.51. The summed E-state index contributed by atoms with van der Waals surface area (Å²) in [4.78, 5) is 0. The smallest absolute Gasteiger partial charge is 0.122 e. The lowest BCUT2D eigenvalue weighted by Crippen LogP contribution is -2.10. The highest BCUT2D eigenvalue weighted by atomic mass is 14.9. The first kappa shape index (κ1) is 9.58. The van der Waals surface area contributed by atoms with Crippen molar-refractivity contribution < 1.29 is 0 Å². The molecule has 0 saturated heterocycles. The third-order valence-electron chi connectivity index (χ3n) is 1.78. The summed E-state index contributed by atoms with van der Waals surface area (Å²) in [6, 6.07) is 7.57. The number of anilines is 1. The Balaban J connectivity index is 2.64. The van der Waals surface area contributed by atoms with Crippen LogP contribution in [0.25, 0.3) is 0 Å². The van der Waals surface area contributed by atoms with Crippen molar-refractivity contribution in [2.75, 3.05) is 11.9 Å². The maximum Gasteiger partial charge on any atom is 0.122 e. The molecule has 0 spiro atoms. The minimum atomic E-state index is 0.113. The van der Waals surface area contributed by atoms with Gasteiger partial charge in [0.05, 0.1) is 0 Å². The van der Waals surface area contributed by atoms with Crippen LogP contribution >= 0.6 is 0 Å². The fraction of sp³-hybridized carbons (Fsp3) is 0.300. The predicted octanol–water partition coefficient (Wildman–Crippen LogP) is 1.79. The van der Waals surface area contributed by atoms with E-state index in [0.29, 0.717) is 0 Å². The fourth-order valence-corrected chi connectivity index (χ4v) is 1.04. The van der Waals surface area contributed by atoms with Gasteiger partial charge in [0.2, 0.25) is 0 Å². The Kier molecular flexibility index (Phi) is 3.31. The van der Waals surface area contributed by atoms with Gasteiger partial charge in [0.1, 0.15) is 5.84 Å². The van der Waals surface area contributed by atoms with Crippen molar-refractivity contribution in [3.05, 3.63) is 29.8 Å². The van der Waals surface area contributed by atoms with E-state index in [2.05, 4.69) is 12.2 Å². The van der Waals surface area contributed by atoms with Crippen LogP contribution in [-0.4, -0.2) is 12.4 Å². The number of nitrogens with one attached hydrogen (secondary N) is 2. The number of nitrogen functional groups attached to an aromatic ring is 1. The van der Waals surface area contributed by atoms with Crippen LogP contribution in [0.2, 0.25) is 0 Å². The van der Waals surface area contributed by atoms with Gasteiger partial charge in [-0.3, -0.25) is 5.41 Å². The lowest BCUT2D eigenvalue weighted by molar-refractivity contribution is 0.980. The molecule has 70 valence electrons. The third-order valence-corrected chi connectivity index (χ3v) is 1.78. The first-order valence-corrected chi connectivity index (χ1v) is 4.42. The molecular weight excluding hydrogens is 162 g/mol. The Morgan fingerprint density at radius 1 is 1.38 bits per heavy atom. The van der Waals surface area contributed by atoms with E-state index in [4.69, 9.17) is 11.1 Å². The van der Waals surface area contributed by atoms with Crippen LogP contribution < -0.4 is 11.1 Å². The topological polar surface area (TPSA) is 61.9 Å². The van der Waals surface area contributed by atoms with Gasteiger partial charge in [0.25, 0.3) is 0 Å². The highest BCUT2D eigenvalue weighted by molar-refractivity contribution is 5.95. The van der Waals surface area contributed by atoms with Crippen LogP contribution in [0.1, 0.15) is 18.9 Å². The van der Waals surface area contributed by atoms with Gasteiger partial charge in [0, 0.05) is 17.8 Å². The summed E-state index contributed by atoms with van der Waals surface area (Å²) in [5, 5.41) is 10.5. The second kappa shape index (κ2) is 4.50. The van der Waals surface area contributed by atoms with Crippen LogP contribution in [0.5, 0.6) is 0 Å². The van der Waals surface area contributed by atoms with Gasteiger partial charge in [0.15, 0.2) is 0 Å². The quantitative estimate of drug-likeness (QED) is 0.485. The fourth-order valence-electron chi connectivity index (χ4n) is 1.04. The Labute approximate surface area is 78.5 Å². The number of nitrogens with two attached hydrogens (primary N) is 1. The summed E-state index contributed by atoms with van der Waals surface area (Å²) in [6.07, 6.45) is 1.11. The van der Waals surface area contributed by atoms with Gasteiger partial charge >= 0.3 is 0 Å². The van der Waals surface area contributed by atoms with Crippen molar-refractivity contribution in [3.8, 4) is 0 Å². The average molecular weight is 177 g/mol. The number of amidine groups is 1. The van der Waals surface area contributed by atoms with E-state index in [1.807, 2.05) is 24.3 Å². The van der Waals surface area contributed by atoms with Crippen molar-refractivity contribution in [1.82, 2.24) is 0 Å². The van der Waals surface area contributed by atoms with Crippen molar-refractivity contribution in [2.45, 2.75) is 13.3 Å². The first-order valence-electron chi connectivity index (χ1n) is 4.42. The lowest BCUT2D eigenvalue weighted by atomic mass is 10.2. The molecule has 3 nitrogen and oxygen atoms in total. The van der Waals surface area contributed by atoms with Gasteiger partial charge in [-0.15, -0.1) is 0 Å². The lowest BCUT2D eigenvalue weighted by Gasteiger charge is -2.04. The molecule has 0 fully saturated rings. The van der Waals surface area contributed by atoms with Gasteiger partial charge in [-0.05, 0) is 30.7 Å². The standard InChI is InChI=1S/C10H15N3/c1-2-7-13-9-5-3-8(4-6-9)10(11)12/h3-6,13H,2,7H2,1H3,(H3,11,12). The van der Waals surface area contributed by atoms with Gasteiger partial charge in [-0.2, -0.15) is 0 Å². The normalized spacial score (nSPS) is 9.62. The monoisotopic (exact) mass is 177 g/mol. The number of hydrogen-bond acceptors (Lipinski definition) is 2. The maximum absolute atomic E-state index is 7.20. The van der Waals surface area contributed by atoms with E-state index in [1.54, 1.807) is 0 Å². The van der Waals surface area contributed by atoms with Crippen LogP contribution in [0, 0.1) is 5.41 Å². The molecule has 0 aliphatic heterocycles. The molecule has 0 amide bonds. The molecule has 0 heterocycles. The Bertz CT molecular complexity index is 277. The molecular formula is C10H15N3. The molecule has 0 atom stereocenters. The zero-order valence-corrected chi connectivity index (χ0v) is 7.80. The van der Waals surface area contributed by atoms with E-state index >= 15 is 0 Å². The average Bonchev–Trinajstić information content (AvgIpc) is 2.15. The molecule has 4 N–H and O–H groups in total. The highest BCUT2D eigenvalue weighted by Crippen LogP contribution is 2.08. The van der Waals surface area contributed by atoms with Crippen molar-refractivity contribution in [3.63, 3.8) is 0 Å².